The average molecular weight is 1420 g/mol. The highest BCUT2D eigenvalue weighted by Crippen LogP contribution is 2.45. The van der Waals surface area contributed by atoms with E-state index in [-0.39, 0.29) is 25.7 Å². The van der Waals surface area contributed by atoms with Crippen LogP contribution in [0.1, 0.15) is 419 Å². The van der Waals surface area contributed by atoms with E-state index in [9.17, 15) is 43.2 Å². The third-order valence-corrected chi connectivity index (χ3v) is 20.3. The Hall–Kier alpha value is -1.94. The summed E-state index contributed by atoms with van der Waals surface area (Å²) in [7, 11) is -9.91. The number of unbranched alkanes of at least 4 members (excludes halogenated alkanes) is 53. The number of phosphoric acid groups is 2. The van der Waals surface area contributed by atoms with Gasteiger partial charge in [-0.15, -0.1) is 0 Å². The van der Waals surface area contributed by atoms with Crippen molar-refractivity contribution in [3.05, 3.63) is 0 Å². The van der Waals surface area contributed by atoms with Crippen LogP contribution in [0.5, 0.6) is 0 Å². The van der Waals surface area contributed by atoms with E-state index in [4.69, 9.17) is 37.0 Å². The Morgan fingerprint density at radius 1 is 0.247 bits per heavy atom. The molecule has 576 valence electrons. The summed E-state index contributed by atoms with van der Waals surface area (Å²) in [6, 6.07) is 0. The van der Waals surface area contributed by atoms with Gasteiger partial charge >= 0.3 is 39.5 Å². The van der Waals surface area contributed by atoms with Crippen LogP contribution < -0.4 is 0 Å². The van der Waals surface area contributed by atoms with E-state index >= 15 is 0 Å². The van der Waals surface area contributed by atoms with Crippen LogP contribution in [0.4, 0.5) is 0 Å². The molecule has 0 aliphatic rings. The SMILES string of the molecule is CCCCCCCCCCCCCCCCCCCCCCCCC(=O)O[C@H](COC(=O)CCCCCCCCCCCCCCCC)COP(=O)(O)OC[C@@H](O)COP(=O)(O)OC[C@@H](COC(=O)CCCCCCCCCC)OC(=O)CCCCCCCCCCCCCCC. The molecule has 0 amide bonds. The summed E-state index contributed by atoms with van der Waals surface area (Å²) in [6.45, 7) is 4.98. The molecule has 5 atom stereocenters. The molecule has 0 saturated carbocycles. The molecule has 0 rings (SSSR count). The van der Waals surface area contributed by atoms with Crippen LogP contribution in [-0.4, -0.2) is 96.7 Å². The van der Waals surface area contributed by atoms with E-state index in [1.807, 2.05) is 0 Å². The van der Waals surface area contributed by atoms with E-state index < -0.39 is 97.5 Å². The lowest BCUT2D eigenvalue weighted by Crippen LogP contribution is -2.30. The molecule has 0 spiro atoms. The molecule has 0 aromatic rings. The minimum absolute atomic E-state index is 0.108. The van der Waals surface area contributed by atoms with E-state index in [2.05, 4.69) is 27.7 Å². The minimum atomic E-state index is -4.96. The van der Waals surface area contributed by atoms with Crippen LogP contribution in [0.15, 0.2) is 0 Å². The van der Waals surface area contributed by atoms with Crippen molar-refractivity contribution >= 4 is 39.5 Å². The van der Waals surface area contributed by atoms with E-state index in [1.165, 1.54) is 250 Å². The van der Waals surface area contributed by atoms with Crippen molar-refractivity contribution in [2.24, 2.45) is 0 Å². The number of hydrogen-bond acceptors (Lipinski definition) is 15. The summed E-state index contributed by atoms with van der Waals surface area (Å²) >= 11 is 0. The van der Waals surface area contributed by atoms with E-state index in [0.29, 0.717) is 25.7 Å². The quantitative estimate of drug-likeness (QED) is 0.0222. The number of carbonyl (C=O) groups excluding carboxylic acids is 4. The van der Waals surface area contributed by atoms with E-state index in [0.717, 1.165) is 89.9 Å². The maximum absolute atomic E-state index is 13.1. The third kappa shape index (κ3) is 72.2. The molecule has 0 fully saturated rings. The second-order valence-electron chi connectivity index (χ2n) is 28.1. The zero-order valence-electron chi connectivity index (χ0n) is 63.1. The molecular weight excluding hydrogens is 1270 g/mol. The molecule has 0 aromatic carbocycles. The Bertz CT molecular complexity index is 1840. The van der Waals surface area contributed by atoms with Crippen molar-refractivity contribution in [3.8, 4) is 0 Å². The first kappa shape index (κ1) is 95.1. The number of carbonyl (C=O) groups is 4. The number of aliphatic hydroxyl groups is 1. The van der Waals surface area contributed by atoms with Gasteiger partial charge in [0.1, 0.15) is 19.3 Å². The fourth-order valence-corrected chi connectivity index (χ4v) is 13.7. The van der Waals surface area contributed by atoms with Crippen LogP contribution in [-0.2, 0) is 65.4 Å². The lowest BCUT2D eigenvalue weighted by atomic mass is 10.0. The number of hydrogen-bond donors (Lipinski definition) is 3. The molecule has 0 bridgehead atoms. The van der Waals surface area contributed by atoms with E-state index in [1.54, 1.807) is 0 Å². The lowest BCUT2D eigenvalue weighted by Gasteiger charge is -2.21. The van der Waals surface area contributed by atoms with Crippen molar-refractivity contribution in [2.45, 2.75) is 438 Å². The van der Waals surface area contributed by atoms with Gasteiger partial charge < -0.3 is 33.8 Å². The summed E-state index contributed by atoms with van der Waals surface area (Å²) in [5.74, 6) is -2.11. The molecule has 3 N–H and O–H groups in total. The van der Waals surface area contributed by atoms with Gasteiger partial charge in [0.25, 0.3) is 0 Å². The van der Waals surface area contributed by atoms with Gasteiger partial charge in [0.2, 0.25) is 0 Å². The van der Waals surface area contributed by atoms with Gasteiger partial charge in [-0.05, 0) is 25.7 Å². The molecule has 0 aromatic heterocycles. The largest absolute Gasteiger partial charge is 0.472 e. The van der Waals surface area contributed by atoms with Crippen LogP contribution in [0.25, 0.3) is 0 Å². The number of phosphoric ester groups is 2. The molecular formula is C78H152O17P2. The lowest BCUT2D eigenvalue weighted by molar-refractivity contribution is -0.161. The smallest absolute Gasteiger partial charge is 0.462 e. The molecule has 0 radical (unpaired) electrons. The molecule has 97 heavy (non-hydrogen) atoms. The summed E-state index contributed by atoms with van der Waals surface area (Å²) in [4.78, 5) is 72.8. The second-order valence-corrected chi connectivity index (χ2v) is 31.0. The normalized spacial score (nSPS) is 13.8. The summed E-state index contributed by atoms with van der Waals surface area (Å²) in [6.07, 6.45) is 63.9. The van der Waals surface area contributed by atoms with Crippen LogP contribution in [0, 0.1) is 0 Å². The second kappa shape index (κ2) is 72.4. The molecule has 0 saturated heterocycles. The minimum Gasteiger partial charge on any atom is -0.462 e. The maximum Gasteiger partial charge on any atom is 0.472 e. The van der Waals surface area contributed by atoms with Crippen molar-refractivity contribution in [1.29, 1.82) is 0 Å². The van der Waals surface area contributed by atoms with Crippen molar-refractivity contribution in [1.82, 2.24) is 0 Å². The molecule has 19 heteroatoms. The Morgan fingerprint density at radius 2 is 0.412 bits per heavy atom. The number of ether oxygens (including phenoxy) is 4. The van der Waals surface area contributed by atoms with Gasteiger partial charge in [-0.1, -0.05) is 368 Å². The number of esters is 4. The zero-order chi connectivity index (χ0) is 71.1. The number of aliphatic hydroxyl groups excluding tert-OH is 1. The Morgan fingerprint density at radius 3 is 0.608 bits per heavy atom. The predicted octanol–water partition coefficient (Wildman–Crippen LogP) is 23.4. The van der Waals surface area contributed by atoms with Crippen LogP contribution >= 0.6 is 15.6 Å². The Kier molecular flexibility index (Phi) is 71.0. The van der Waals surface area contributed by atoms with Crippen LogP contribution in [0.3, 0.4) is 0 Å². The third-order valence-electron chi connectivity index (χ3n) is 18.4. The highest BCUT2D eigenvalue weighted by atomic mass is 31.2. The summed E-state index contributed by atoms with van der Waals surface area (Å²) < 4.78 is 68.5. The standard InChI is InChI=1S/C78H152O17P2/c1-5-9-13-17-21-25-28-31-33-34-35-36-37-38-39-40-43-46-49-53-57-61-65-78(83)95-74(69-89-76(81)63-59-55-51-47-44-42-32-29-26-22-18-14-10-6-2)71-93-97(86,87)91-67-72(79)66-90-96(84,85)92-70-73(68-88-75(80)62-58-54-50-24-20-16-12-8-4)94-77(82)64-60-56-52-48-45-41-30-27-23-19-15-11-7-3/h72-74,79H,5-71H2,1-4H3,(H,84,85)(H,86,87)/t72-,73+,74+/m0/s1. The van der Waals surface area contributed by atoms with Crippen molar-refractivity contribution < 1.29 is 80.2 Å². The van der Waals surface area contributed by atoms with Gasteiger partial charge in [-0.25, -0.2) is 9.13 Å². The first-order chi connectivity index (χ1) is 47.2. The molecule has 2 unspecified atom stereocenters. The Balaban J connectivity index is 5.16. The molecule has 0 aliphatic heterocycles. The fourth-order valence-electron chi connectivity index (χ4n) is 12.1. The van der Waals surface area contributed by atoms with Crippen molar-refractivity contribution in [3.63, 3.8) is 0 Å². The van der Waals surface area contributed by atoms with Gasteiger partial charge in [0.15, 0.2) is 12.2 Å². The van der Waals surface area contributed by atoms with Gasteiger partial charge in [0, 0.05) is 25.7 Å². The zero-order valence-corrected chi connectivity index (χ0v) is 64.8. The molecule has 17 nitrogen and oxygen atoms in total. The monoisotopic (exact) mass is 1420 g/mol. The molecule has 0 heterocycles. The molecule has 0 aliphatic carbocycles. The highest BCUT2D eigenvalue weighted by molar-refractivity contribution is 7.47. The van der Waals surface area contributed by atoms with Crippen LogP contribution in [0.2, 0.25) is 0 Å². The topological polar surface area (TPSA) is 237 Å². The van der Waals surface area contributed by atoms with Crippen molar-refractivity contribution in [2.75, 3.05) is 39.6 Å². The Labute approximate surface area is 594 Å². The van der Waals surface area contributed by atoms with Gasteiger partial charge in [-0.3, -0.25) is 37.3 Å². The number of rotatable bonds is 79. The predicted molar refractivity (Wildman–Crippen MR) is 395 cm³/mol. The first-order valence-corrected chi connectivity index (χ1v) is 43.8. The van der Waals surface area contributed by atoms with Gasteiger partial charge in [-0.2, -0.15) is 0 Å². The maximum atomic E-state index is 13.1. The highest BCUT2D eigenvalue weighted by Gasteiger charge is 2.30. The first-order valence-electron chi connectivity index (χ1n) is 40.8. The van der Waals surface area contributed by atoms with Gasteiger partial charge in [0.05, 0.1) is 26.4 Å². The fraction of sp³-hybridized carbons (Fsp3) is 0.949. The summed E-state index contributed by atoms with van der Waals surface area (Å²) in [5.41, 5.74) is 0. The summed E-state index contributed by atoms with van der Waals surface area (Å²) in [5, 5.41) is 10.6. The average Bonchev–Trinajstić information content (AvgIpc) is 1.03.